The van der Waals surface area contributed by atoms with Crippen molar-refractivity contribution in [3.63, 3.8) is 0 Å². The van der Waals surface area contributed by atoms with Gasteiger partial charge in [-0.15, -0.1) is 0 Å². The lowest BCUT2D eigenvalue weighted by Gasteiger charge is -2.21. The van der Waals surface area contributed by atoms with Crippen molar-refractivity contribution in [3.05, 3.63) is 28.7 Å². The highest BCUT2D eigenvalue weighted by Crippen LogP contribution is 2.36. The molecule has 2 aromatic heterocycles. The number of ether oxygens (including phenoxy) is 1. The molecule has 2 aliphatic carbocycles. The van der Waals surface area contributed by atoms with Gasteiger partial charge in [-0.25, -0.2) is 22.6 Å². The monoisotopic (exact) mass is 417 g/mol. The van der Waals surface area contributed by atoms with Crippen LogP contribution in [0.3, 0.4) is 0 Å². The Kier molecular flexibility index (Phi) is 4.27. The van der Waals surface area contributed by atoms with Gasteiger partial charge in [0.2, 0.25) is 5.88 Å². The summed E-state index contributed by atoms with van der Waals surface area (Å²) < 4.78 is 34.8. The van der Waals surface area contributed by atoms with Gasteiger partial charge in [0.15, 0.2) is 4.90 Å². The van der Waals surface area contributed by atoms with Gasteiger partial charge >= 0.3 is 6.03 Å². The van der Waals surface area contributed by atoms with E-state index in [9.17, 15) is 13.2 Å². The van der Waals surface area contributed by atoms with Gasteiger partial charge in [0, 0.05) is 17.3 Å². The first-order valence-electron chi connectivity index (χ1n) is 9.98. The molecule has 0 radical (unpaired) electrons. The van der Waals surface area contributed by atoms with E-state index in [0.29, 0.717) is 13.2 Å². The highest BCUT2D eigenvalue weighted by molar-refractivity contribution is 7.90. The molecule has 0 bridgehead atoms. The molecule has 0 saturated heterocycles. The number of carbonyl (C=O) groups is 1. The summed E-state index contributed by atoms with van der Waals surface area (Å²) in [7, 11) is -4.11. The number of aryl methyl sites for hydroxylation is 2. The van der Waals surface area contributed by atoms with Gasteiger partial charge in [0.25, 0.3) is 10.0 Å². The van der Waals surface area contributed by atoms with Gasteiger partial charge in [0.05, 0.1) is 25.0 Å². The van der Waals surface area contributed by atoms with Crippen molar-refractivity contribution >= 4 is 21.7 Å². The Labute approximate surface area is 168 Å². The predicted octanol–water partition coefficient (Wildman–Crippen LogP) is 1.79. The molecule has 2 aromatic rings. The van der Waals surface area contributed by atoms with Crippen LogP contribution in [0.5, 0.6) is 5.88 Å². The lowest BCUT2D eigenvalue weighted by atomic mass is 10.1. The summed E-state index contributed by atoms with van der Waals surface area (Å²) in [4.78, 5) is 17.3. The summed E-state index contributed by atoms with van der Waals surface area (Å²) in [5.41, 5.74) is 4.88. The second-order valence-corrected chi connectivity index (χ2v) is 9.67. The molecular formula is C19H23N5O4S. The van der Waals surface area contributed by atoms with E-state index in [-0.39, 0.29) is 16.7 Å². The molecule has 3 heterocycles. The third-order valence-corrected chi connectivity index (χ3v) is 7.07. The molecule has 9 nitrogen and oxygen atoms in total. The Hall–Kier alpha value is -2.62. The van der Waals surface area contributed by atoms with Gasteiger partial charge < -0.3 is 10.1 Å². The largest absolute Gasteiger partial charge is 0.477 e. The van der Waals surface area contributed by atoms with Crippen molar-refractivity contribution in [2.75, 3.05) is 11.9 Å². The number of aromatic nitrogens is 3. The fraction of sp³-hybridized carbons (Fsp3) is 0.526. The average molecular weight is 417 g/mol. The number of nitrogens with one attached hydrogen (secondary N) is 2. The minimum Gasteiger partial charge on any atom is -0.477 e. The van der Waals surface area contributed by atoms with E-state index in [1.807, 2.05) is 6.92 Å². The van der Waals surface area contributed by atoms with Crippen LogP contribution in [0.15, 0.2) is 11.1 Å². The molecular weight excluding hydrogens is 394 g/mol. The van der Waals surface area contributed by atoms with Gasteiger partial charge in [0.1, 0.15) is 0 Å². The number of sulfonamides is 1. The minimum absolute atomic E-state index is 0.121. The van der Waals surface area contributed by atoms with E-state index in [4.69, 9.17) is 9.72 Å². The Bertz CT molecular complexity index is 1080. The van der Waals surface area contributed by atoms with E-state index in [0.717, 1.165) is 66.7 Å². The molecule has 0 aromatic carbocycles. The van der Waals surface area contributed by atoms with Gasteiger partial charge in [-0.3, -0.25) is 4.98 Å². The molecule has 1 atom stereocenters. The number of anilines is 1. The van der Waals surface area contributed by atoms with Crippen molar-refractivity contribution in [1.29, 1.82) is 0 Å². The average Bonchev–Trinajstić information content (AvgIpc) is 3.39. The maximum Gasteiger partial charge on any atom is 0.333 e. The molecule has 0 saturated carbocycles. The van der Waals surface area contributed by atoms with E-state index in [1.165, 1.54) is 10.9 Å². The molecule has 154 valence electrons. The minimum atomic E-state index is -4.11. The van der Waals surface area contributed by atoms with Crippen molar-refractivity contribution in [3.8, 4) is 5.88 Å². The van der Waals surface area contributed by atoms with Crippen molar-refractivity contribution in [2.45, 2.75) is 56.9 Å². The third kappa shape index (κ3) is 3.15. The zero-order valence-corrected chi connectivity index (χ0v) is 17.0. The molecule has 10 heteroatoms. The Morgan fingerprint density at radius 3 is 2.55 bits per heavy atom. The summed E-state index contributed by atoms with van der Waals surface area (Å²) in [6, 6.07) is -0.775. The van der Waals surface area contributed by atoms with Crippen LogP contribution in [0, 0.1) is 5.92 Å². The van der Waals surface area contributed by atoms with E-state index < -0.39 is 16.1 Å². The number of fused-ring (bicyclic) bond motifs is 3. The van der Waals surface area contributed by atoms with Crippen molar-refractivity contribution < 1.29 is 17.9 Å². The number of hydrogen-bond donors (Lipinski definition) is 2. The molecule has 3 aliphatic rings. The molecule has 0 spiro atoms. The first kappa shape index (κ1) is 18.4. The normalized spacial score (nSPS) is 19.8. The van der Waals surface area contributed by atoms with Crippen LogP contribution in [-0.4, -0.2) is 35.8 Å². The number of amides is 2. The fourth-order valence-corrected chi connectivity index (χ4v) is 5.42. The Morgan fingerprint density at radius 1 is 1.17 bits per heavy atom. The van der Waals surface area contributed by atoms with E-state index >= 15 is 0 Å². The highest BCUT2D eigenvalue weighted by Gasteiger charge is 2.31. The number of carbonyl (C=O) groups excluding carboxylic acids is 1. The molecule has 5 rings (SSSR count). The lowest BCUT2D eigenvalue weighted by molar-refractivity contribution is 0.170. The SMILES string of the molecule is CC1COc2c(S(=O)(=O)NC(=O)Nc3c4c(nc5c3CCC5)CCC4)cnn2C1. The molecule has 29 heavy (non-hydrogen) atoms. The topological polar surface area (TPSA) is 115 Å². The van der Waals surface area contributed by atoms with E-state index in [2.05, 4.69) is 15.1 Å². The first-order valence-corrected chi connectivity index (χ1v) is 11.5. The van der Waals surface area contributed by atoms with Crippen LogP contribution in [0.2, 0.25) is 0 Å². The number of urea groups is 1. The van der Waals surface area contributed by atoms with Gasteiger partial charge in [-0.2, -0.15) is 5.10 Å². The van der Waals surface area contributed by atoms with Crippen LogP contribution in [0.4, 0.5) is 10.5 Å². The maximum absolute atomic E-state index is 12.8. The molecule has 1 unspecified atom stereocenters. The smallest absolute Gasteiger partial charge is 0.333 e. The first-order chi connectivity index (χ1) is 13.9. The Balaban J connectivity index is 1.40. The molecule has 1 aliphatic heterocycles. The lowest BCUT2D eigenvalue weighted by Crippen LogP contribution is -2.35. The summed E-state index contributed by atoms with van der Waals surface area (Å²) in [6.07, 6.45) is 6.72. The van der Waals surface area contributed by atoms with Crippen LogP contribution in [0.25, 0.3) is 0 Å². The van der Waals surface area contributed by atoms with Crippen molar-refractivity contribution in [2.24, 2.45) is 5.92 Å². The number of nitrogens with zero attached hydrogens (tertiary/aromatic N) is 3. The van der Waals surface area contributed by atoms with Crippen LogP contribution >= 0.6 is 0 Å². The summed E-state index contributed by atoms with van der Waals surface area (Å²) in [5.74, 6) is 0.416. The Morgan fingerprint density at radius 2 is 1.86 bits per heavy atom. The standard InChI is InChI=1S/C19H23N5O4S/c1-11-9-24-18(28-10-11)16(8-20-24)29(26,27)23-19(25)22-17-12-4-2-6-14(12)21-15-7-3-5-13(15)17/h8,11H,2-7,9-10H2,1H3,(H2,21,22,23,25). The number of hydrogen-bond acceptors (Lipinski definition) is 6. The van der Waals surface area contributed by atoms with E-state index in [1.54, 1.807) is 0 Å². The quantitative estimate of drug-likeness (QED) is 0.787. The maximum atomic E-state index is 12.8. The van der Waals surface area contributed by atoms with Crippen LogP contribution < -0.4 is 14.8 Å². The zero-order valence-electron chi connectivity index (χ0n) is 16.2. The molecule has 2 amide bonds. The summed E-state index contributed by atoms with van der Waals surface area (Å²) >= 11 is 0. The summed E-state index contributed by atoms with van der Waals surface area (Å²) in [5, 5.41) is 6.90. The molecule has 0 fully saturated rings. The van der Waals surface area contributed by atoms with Gasteiger partial charge in [-0.1, -0.05) is 6.92 Å². The number of rotatable bonds is 3. The zero-order chi connectivity index (χ0) is 20.2. The van der Waals surface area contributed by atoms with Crippen molar-refractivity contribution in [1.82, 2.24) is 19.5 Å². The highest BCUT2D eigenvalue weighted by atomic mass is 32.2. The van der Waals surface area contributed by atoms with Crippen LogP contribution in [-0.2, 0) is 42.3 Å². The van der Waals surface area contributed by atoms with Crippen LogP contribution in [0.1, 0.15) is 42.3 Å². The third-order valence-electron chi connectivity index (χ3n) is 5.75. The second-order valence-electron chi connectivity index (χ2n) is 8.02. The van der Waals surface area contributed by atoms with Gasteiger partial charge in [-0.05, 0) is 49.7 Å². The molecule has 2 N–H and O–H groups in total. The number of pyridine rings is 1. The summed E-state index contributed by atoms with van der Waals surface area (Å²) in [6.45, 7) is 2.98. The second kappa shape index (κ2) is 6.72. The fourth-order valence-electron chi connectivity index (χ4n) is 4.44. The predicted molar refractivity (Wildman–Crippen MR) is 105 cm³/mol.